The first kappa shape index (κ1) is 20.8. The molecule has 3 rings (SSSR count). The Bertz CT molecular complexity index is 1010. The predicted molar refractivity (Wildman–Crippen MR) is 112 cm³/mol. The number of methoxy groups -OCH3 is 1. The molecule has 0 bridgehead atoms. The molecule has 8 nitrogen and oxygen atoms in total. The Labute approximate surface area is 174 Å². The van der Waals surface area contributed by atoms with Crippen molar-refractivity contribution in [1.29, 1.82) is 0 Å². The second kappa shape index (κ2) is 10.0. The fraction of sp³-hybridized carbons (Fsp3) is 0.136. The molecule has 0 fully saturated rings. The number of nitrogens with one attached hydrogen (secondary N) is 1. The van der Waals surface area contributed by atoms with E-state index in [1.165, 1.54) is 5.06 Å². The van der Waals surface area contributed by atoms with Gasteiger partial charge in [-0.15, -0.1) is 0 Å². The van der Waals surface area contributed by atoms with E-state index in [1.807, 2.05) is 0 Å². The maximum Gasteiger partial charge on any atom is 0.255 e. The largest absolute Gasteiger partial charge is 0.495 e. The number of carbonyl (C=O) groups excluding carboxylic acids is 2. The SMILES string of the molecule is COc1cncc(CON(C=O)Cc2ccc(C(=O)Nc3ccccc3N)cc2)c1. The smallest absolute Gasteiger partial charge is 0.255 e. The van der Waals surface area contributed by atoms with E-state index in [1.54, 1.807) is 74.1 Å². The molecular formula is C22H22N4O4. The van der Waals surface area contributed by atoms with Crippen molar-refractivity contribution in [2.75, 3.05) is 18.2 Å². The van der Waals surface area contributed by atoms with Gasteiger partial charge in [0.2, 0.25) is 6.41 Å². The first-order valence-corrected chi connectivity index (χ1v) is 9.16. The molecule has 30 heavy (non-hydrogen) atoms. The van der Waals surface area contributed by atoms with Crippen LogP contribution >= 0.6 is 0 Å². The zero-order chi connectivity index (χ0) is 21.3. The average Bonchev–Trinajstić information content (AvgIpc) is 2.78. The summed E-state index contributed by atoms with van der Waals surface area (Å²) in [4.78, 5) is 33.3. The van der Waals surface area contributed by atoms with Crippen LogP contribution in [0.1, 0.15) is 21.5 Å². The van der Waals surface area contributed by atoms with E-state index in [9.17, 15) is 9.59 Å². The third kappa shape index (κ3) is 5.55. The summed E-state index contributed by atoms with van der Waals surface area (Å²) in [7, 11) is 1.55. The number of rotatable bonds is 9. The molecule has 3 N–H and O–H groups in total. The number of pyridine rings is 1. The van der Waals surface area contributed by atoms with Gasteiger partial charge in [-0.05, 0) is 35.9 Å². The van der Waals surface area contributed by atoms with Crippen LogP contribution in [0, 0.1) is 0 Å². The maximum atomic E-state index is 12.4. The molecule has 3 aromatic rings. The van der Waals surface area contributed by atoms with Crippen molar-refractivity contribution in [2.24, 2.45) is 0 Å². The molecule has 0 unspecified atom stereocenters. The molecule has 0 atom stereocenters. The molecule has 0 saturated carbocycles. The number of anilines is 2. The van der Waals surface area contributed by atoms with Crippen LogP contribution in [-0.2, 0) is 22.8 Å². The third-order valence-corrected chi connectivity index (χ3v) is 4.28. The Kier molecular flexibility index (Phi) is 6.96. The van der Waals surface area contributed by atoms with Crippen LogP contribution in [0.5, 0.6) is 5.75 Å². The summed E-state index contributed by atoms with van der Waals surface area (Å²) in [6, 6.07) is 15.7. The van der Waals surface area contributed by atoms with Gasteiger partial charge in [-0.3, -0.25) is 19.4 Å². The van der Waals surface area contributed by atoms with Crippen LogP contribution in [0.25, 0.3) is 0 Å². The molecule has 154 valence electrons. The van der Waals surface area contributed by atoms with Gasteiger partial charge in [-0.25, -0.2) is 5.06 Å². The summed E-state index contributed by atoms with van der Waals surface area (Å²) < 4.78 is 5.12. The van der Waals surface area contributed by atoms with E-state index in [2.05, 4.69) is 10.3 Å². The summed E-state index contributed by atoms with van der Waals surface area (Å²) >= 11 is 0. The number of amides is 2. The van der Waals surface area contributed by atoms with Crippen molar-refractivity contribution in [1.82, 2.24) is 10.0 Å². The van der Waals surface area contributed by atoms with E-state index in [4.69, 9.17) is 15.3 Å². The Morgan fingerprint density at radius 2 is 1.90 bits per heavy atom. The van der Waals surface area contributed by atoms with Crippen LogP contribution in [-0.4, -0.2) is 29.5 Å². The van der Waals surface area contributed by atoms with Crippen LogP contribution < -0.4 is 15.8 Å². The third-order valence-electron chi connectivity index (χ3n) is 4.28. The molecule has 0 aliphatic heterocycles. The molecule has 0 aliphatic rings. The van der Waals surface area contributed by atoms with Crippen LogP contribution in [0.3, 0.4) is 0 Å². The summed E-state index contributed by atoms with van der Waals surface area (Å²) in [5, 5.41) is 3.95. The lowest BCUT2D eigenvalue weighted by Crippen LogP contribution is -2.22. The summed E-state index contributed by atoms with van der Waals surface area (Å²) in [6.45, 7) is 0.399. The average molecular weight is 406 g/mol. The lowest BCUT2D eigenvalue weighted by Gasteiger charge is -2.17. The standard InChI is InChI=1S/C22H22N4O4/c1-29-19-10-17(11-24-12-19)14-30-26(15-27)13-16-6-8-18(9-7-16)22(28)25-21-5-3-2-4-20(21)23/h2-12,15H,13-14,23H2,1H3,(H,25,28). The molecule has 0 saturated heterocycles. The Morgan fingerprint density at radius 1 is 1.13 bits per heavy atom. The zero-order valence-electron chi connectivity index (χ0n) is 16.4. The highest BCUT2D eigenvalue weighted by Crippen LogP contribution is 2.18. The molecule has 0 radical (unpaired) electrons. The number of nitrogens with two attached hydrogens (primary N) is 1. The van der Waals surface area contributed by atoms with Crippen molar-refractivity contribution in [3.05, 3.63) is 83.7 Å². The number of benzene rings is 2. The number of hydroxylamine groups is 2. The number of ether oxygens (including phenoxy) is 1. The molecule has 0 aliphatic carbocycles. The van der Waals surface area contributed by atoms with E-state index in [0.29, 0.717) is 29.1 Å². The van der Waals surface area contributed by atoms with E-state index >= 15 is 0 Å². The van der Waals surface area contributed by atoms with Crippen molar-refractivity contribution in [3.8, 4) is 5.75 Å². The number of nitrogens with zero attached hydrogens (tertiary/aromatic N) is 2. The van der Waals surface area contributed by atoms with Crippen LogP contribution in [0.15, 0.2) is 67.0 Å². The summed E-state index contributed by atoms with van der Waals surface area (Å²) in [5.41, 5.74) is 8.95. The van der Waals surface area contributed by atoms with Gasteiger partial charge in [-0.2, -0.15) is 0 Å². The number of para-hydroxylation sites is 2. The van der Waals surface area contributed by atoms with E-state index in [0.717, 1.165) is 11.1 Å². The second-order valence-corrected chi connectivity index (χ2v) is 6.43. The maximum absolute atomic E-state index is 12.4. The topological polar surface area (TPSA) is 107 Å². The Hall–Kier alpha value is -3.91. The Balaban J connectivity index is 1.57. The summed E-state index contributed by atoms with van der Waals surface area (Å²) in [6.07, 6.45) is 3.83. The number of hydrogen-bond acceptors (Lipinski definition) is 6. The van der Waals surface area contributed by atoms with E-state index in [-0.39, 0.29) is 19.1 Å². The zero-order valence-corrected chi connectivity index (χ0v) is 16.4. The highest BCUT2D eigenvalue weighted by molar-refractivity contribution is 6.05. The monoisotopic (exact) mass is 406 g/mol. The van der Waals surface area contributed by atoms with Crippen molar-refractivity contribution >= 4 is 23.7 Å². The minimum absolute atomic E-state index is 0.169. The quantitative estimate of drug-likeness (QED) is 0.321. The van der Waals surface area contributed by atoms with Crippen molar-refractivity contribution < 1.29 is 19.2 Å². The molecule has 2 aromatic carbocycles. The fourth-order valence-corrected chi connectivity index (χ4v) is 2.67. The van der Waals surface area contributed by atoms with Gasteiger partial charge in [0, 0.05) is 17.3 Å². The number of hydrogen-bond donors (Lipinski definition) is 2. The molecule has 1 heterocycles. The Morgan fingerprint density at radius 3 is 2.60 bits per heavy atom. The summed E-state index contributed by atoms with van der Waals surface area (Å²) in [5.74, 6) is 0.341. The molecular weight excluding hydrogens is 384 g/mol. The second-order valence-electron chi connectivity index (χ2n) is 6.43. The number of aromatic nitrogens is 1. The number of carbonyl (C=O) groups is 2. The van der Waals surface area contributed by atoms with Gasteiger partial charge in [0.1, 0.15) is 12.4 Å². The first-order valence-electron chi connectivity index (χ1n) is 9.16. The van der Waals surface area contributed by atoms with Crippen LogP contribution in [0.2, 0.25) is 0 Å². The van der Waals surface area contributed by atoms with E-state index < -0.39 is 0 Å². The highest BCUT2D eigenvalue weighted by atomic mass is 16.7. The first-order chi connectivity index (χ1) is 14.6. The van der Waals surface area contributed by atoms with Gasteiger partial charge in [0.05, 0.1) is 31.2 Å². The minimum Gasteiger partial charge on any atom is -0.495 e. The molecule has 1 aromatic heterocycles. The highest BCUT2D eigenvalue weighted by Gasteiger charge is 2.10. The van der Waals surface area contributed by atoms with Gasteiger partial charge in [-0.1, -0.05) is 24.3 Å². The molecule has 8 heteroatoms. The van der Waals surface area contributed by atoms with Crippen molar-refractivity contribution in [3.63, 3.8) is 0 Å². The number of nitrogen functional groups attached to an aromatic ring is 1. The van der Waals surface area contributed by atoms with Gasteiger partial charge in [0.25, 0.3) is 5.91 Å². The van der Waals surface area contributed by atoms with Crippen LogP contribution in [0.4, 0.5) is 11.4 Å². The lowest BCUT2D eigenvalue weighted by atomic mass is 10.1. The fourth-order valence-electron chi connectivity index (χ4n) is 2.67. The van der Waals surface area contributed by atoms with Gasteiger partial charge in [0.15, 0.2) is 0 Å². The lowest BCUT2D eigenvalue weighted by molar-refractivity contribution is -0.181. The van der Waals surface area contributed by atoms with Gasteiger partial charge >= 0.3 is 0 Å². The molecule has 2 amide bonds. The normalized spacial score (nSPS) is 10.3. The molecule has 0 spiro atoms. The van der Waals surface area contributed by atoms with Gasteiger partial charge < -0.3 is 15.8 Å². The van der Waals surface area contributed by atoms with Crippen molar-refractivity contribution in [2.45, 2.75) is 13.2 Å². The minimum atomic E-state index is -0.270. The predicted octanol–water partition coefficient (Wildman–Crippen LogP) is 3.01.